The number of fused-ring (bicyclic) bond motifs is 2. The molecule has 0 spiro atoms. The molecule has 0 aliphatic carbocycles. The van der Waals surface area contributed by atoms with E-state index in [2.05, 4.69) is 19.1 Å². The van der Waals surface area contributed by atoms with Crippen LogP contribution in [0, 0.1) is 5.92 Å². The van der Waals surface area contributed by atoms with Crippen LogP contribution in [-0.2, 0) is 11.2 Å². The van der Waals surface area contributed by atoms with Crippen LogP contribution in [-0.4, -0.2) is 34.5 Å². The fourth-order valence-electron chi connectivity index (χ4n) is 4.36. The zero-order valence-corrected chi connectivity index (χ0v) is 16.5. The highest BCUT2D eigenvalue weighted by molar-refractivity contribution is 5.98. The summed E-state index contributed by atoms with van der Waals surface area (Å²) in [6, 6.07) is 8.35. The fraction of sp³-hybridized carbons (Fsp3) is 0.636. The standard InChI is InChI=1S/C22H31NO3/c1-5-6-15-7-9-16(10-8-15)20(24)17-13-18-11-12-19(14-17)23(18)21(25)26-22(2,3)4/h7-10,17-19H,5-6,11-14H2,1-4H3. The molecule has 1 amide bonds. The number of aryl methyl sites for hydroxylation is 1. The van der Waals surface area contributed by atoms with Gasteiger partial charge in [-0.2, -0.15) is 0 Å². The average molecular weight is 357 g/mol. The van der Waals surface area contributed by atoms with E-state index in [0.717, 1.165) is 44.1 Å². The molecule has 2 saturated heterocycles. The molecule has 0 aromatic heterocycles. The van der Waals surface area contributed by atoms with Crippen molar-refractivity contribution in [2.75, 3.05) is 0 Å². The first-order valence-corrected chi connectivity index (χ1v) is 9.93. The normalized spacial score (nSPS) is 25.2. The molecule has 2 unspecified atom stereocenters. The van der Waals surface area contributed by atoms with E-state index < -0.39 is 5.60 Å². The highest BCUT2D eigenvalue weighted by Gasteiger charge is 2.46. The van der Waals surface area contributed by atoms with Gasteiger partial charge in [0.15, 0.2) is 5.78 Å². The molecule has 0 radical (unpaired) electrons. The molecule has 1 aromatic carbocycles. The monoisotopic (exact) mass is 357 g/mol. The Morgan fingerprint density at radius 3 is 2.15 bits per heavy atom. The number of hydrogen-bond donors (Lipinski definition) is 0. The van der Waals surface area contributed by atoms with Crippen LogP contribution >= 0.6 is 0 Å². The number of benzene rings is 1. The Morgan fingerprint density at radius 2 is 1.65 bits per heavy atom. The summed E-state index contributed by atoms with van der Waals surface area (Å²) in [7, 11) is 0. The van der Waals surface area contributed by atoms with Crippen molar-refractivity contribution in [1.82, 2.24) is 4.90 Å². The third-order valence-corrected chi connectivity index (χ3v) is 5.49. The van der Waals surface area contributed by atoms with E-state index in [4.69, 9.17) is 4.74 Å². The molecule has 1 aromatic rings. The minimum absolute atomic E-state index is 0.0169. The number of ether oxygens (including phenoxy) is 1. The molecule has 142 valence electrons. The van der Waals surface area contributed by atoms with Crippen molar-refractivity contribution < 1.29 is 14.3 Å². The molecule has 0 saturated carbocycles. The molecular weight excluding hydrogens is 326 g/mol. The van der Waals surface area contributed by atoms with Crippen molar-refractivity contribution >= 4 is 11.9 Å². The van der Waals surface area contributed by atoms with Gasteiger partial charge in [0.25, 0.3) is 0 Å². The number of nitrogens with zero attached hydrogens (tertiary/aromatic N) is 1. The van der Waals surface area contributed by atoms with Crippen LogP contribution < -0.4 is 0 Å². The maximum absolute atomic E-state index is 13.0. The van der Waals surface area contributed by atoms with Gasteiger partial charge in [0.1, 0.15) is 5.60 Å². The van der Waals surface area contributed by atoms with Crippen LogP contribution in [0.15, 0.2) is 24.3 Å². The van der Waals surface area contributed by atoms with E-state index in [1.54, 1.807) is 0 Å². The van der Waals surface area contributed by atoms with Gasteiger partial charge in [-0.1, -0.05) is 37.6 Å². The summed E-state index contributed by atoms with van der Waals surface area (Å²) in [6.07, 6.45) is 5.40. The number of carbonyl (C=O) groups is 2. The average Bonchev–Trinajstić information content (AvgIpc) is 2.84. The number of amides is 1. The van der Waals surface area contributed by atoms with E-state index in [1.807, 2.05) is 37.8 Å². The van der Waals surface area contributed by atoms with Gasteiger partial charge in [-0.15, -0.1) is 0 Å². The van der Waals surface area contributed by atoms with Gasteiger partial charge in [-0.25, -0.2) is 4.79 Å². The predicted octanol–water partition coefficient (Wildman–Crippen LogP) is 5.00. The van der Waals surface area contributed by atoms with E-state index in [0.29, 0.717) is 0 Å². The first-order valence-electron chi connectivity index (χ1n) is 9.93. The summed E-state index contributed by atoms with van der Waals surface area (Å²) in [5.41, 5.74) is 1.60. The number of ketones is 1. The maximum Gasteiger partial charge on any atom is 0.410 e. The highest BCUT2D eigenvalue weighted by Crippen LogP contribution is 2.40. The van der Waals surface area contributed by atoms with Crippen molar-refractivity contribution in [2.45, 2.75) is 83.9 Å². The largest absolute Gasteiger partial charge is 0.444 e. The quantitative estimate of drug-likeness (QED) is 0.712. The van der Waals surface area contributed by atoms with Crippen molar-refractivity contribution in [3.8, 4) is 0 Å². The summed E-state index contributed by atoms with van der Waals surface area (Å²) in [4.78, 5) is 27.4. The van der Waals surface area contributed by atoms with Crippen molar-refractivity contribution in [3.63, 3.8) is 0 Å². The van der Waals surface area contributed by atoms with E-state index >= 15 is 0 Å². The minimum Gasteiger partial charge on any atom is -0.444 e. The predicted molar refractivity (Wildman–Crippen MR) is 102 cm³/mol. The first-order chi connectivity index (χ1) is 12.3. The zero-order chi connectivity index (χ0) is 18.9. The van der Waals surface area contributed by atoms with E-state index in [9.17, 15) is 9.59 Å². The van der Waals surface area contributed by atoms with Gasteiger partial charge in [-0.05, 0) is 58.4 Å². The fourth-order valence-corrected chi connectivity index (χ4v) is 4.36. The third-order valence-electron chi connectivity index (χ3n) is 5.49. The molecule has 2 aliphatic rings. The lowest BCUT2D eigenvalue weighted by Gasteiger charge is -2.39. The van der Waals surface area contributed by atoms with E-state index in [-0.39, 0.29) is 29.9 Å². The highest BCUT2D eigenvalue weighted by atomic mass is 16.6. The van der Waals surface area contributed by atoms with Crippen LogP contribution in [0.4, 0.5) is 4.79 Å². The van der Waals surface area contributed by atoms with Gasteiger partial charge in [0.2, 0.25) is 0 Å². The summed E-state index contributed by atoms with van der Waals surface area (Å²) < 4.78 is 5.58. The molecule has 4 heteroatoms. The number of Topliss-reactive ketones (excluding diaryl/α,β-unsaturated/α-hetero) is 1. The van der Waals surface area contributed by atoms with Gasteiger partial charge in [-0.3, -0.25) is 4.79 Å². The lowest BCUT2D eigenvalue weighted by Crippen LogP contribution is -2.49. The summed E-state index contributed by atoms with van der Waals surface area (Å²) in [5.74, 6) is 0.247. The second-order valence-electron chi connectivity index (χ2n) is 8.75. The van der Waals surface area contributed by atoms with Gasteiger partial charge in [0, 0.05) is 23.6 Å². The Kier molecular flexibility index (Phi) is 5.40. The van der Waals surface area contributed by atoms with E-state index in [1.165, 1.54) is 5.56 Å². The molecular formula is C22H31NO3. The topological polar surface area (TPSA) is 46.6 Å². The summed E-state index contributed by atoms with van der Waals surface area (Å²) in [6.45, 7) is 7.84. The molecule has 26 heavy (non-hydrogen) atoms. The molecule has 2 aliphatic heterocycles. The van der Waals surface area contributed by atoms with Gasteiger partial charge < -0.3 is 9.64 Å². The first kappa shape index (κ1) is 18.9. The molecule has 2 bridgehead atoms. The molecule has 4 nitrogen and oxygen atoms in total. The summed E-state index contributed by atoms with van der Waals surface area (Å²) in [5, 5.41) is 0. The van der Waals surface area contributed by atoms with Crippen LogP contribution in [0.25, 0.3) is 0 Å². The molecule has 3 rings (SSSR count). The molecule has 2 fully saturated rings. The van der Waals surface area contributed by atoms with Crippen molar-refractivity contribution in [3.05, 3.63) is 35.4 Å². The Balaban J connectivity index is 1.66. The number of hydrogen-bond acceptors (Lipinski definition) is 3. The smallest absolute Gasteiger partial charge is 0.410 e. The number of piperidine rings is 1. The summed E-state index contributed by atoms with van der Waals surface area (Å²) >= 11 is 0. The SMILES string of the molecule is CCCc1ccc(C(=O)C2CC3CCC(C2)N3C(=O)OC(C)(C)C)cc1. The lowest BCUT2D eigenvalue weighted by atomic mass is 9.84. The maximum atomic E-state index is 13.0. The molecule has 2 heterocycles. The second-order valence-corrected chi connectivity index (χ2v) is 8.75. The minimum atomic E-state index is -0.483. The Labute approximate surface area is 156 Å². The zero-order valence-electron chi connectivity index (χ0n) is 16.5. The molecule has 2 atom stereocenters. The van der Waals surface area contributed by atoms with Crippen LogP contribution in [0.5, 0.6) is 0 Å². The number of rotatable bonds is 4. The van der Waals surface area contributed by atoms with Crippen LogP contribution in [0.2, 0.25) is 0 Å². The van der Waals surface area contributed by atoms with Crippen LogP contribution in [0.1, 0.15) is 75.7 Å². The molecule has 0 N–H and O–H groups in total. The van der Waals surface area contributed by atoms with Crippen molar-refractivity contribution in [2.24, 2.45) is 5.92 Å². The Morgan fingerprint density at radius 1 is 1.08 bits per heavy atom. The third kappa shape index (κ3) is 4.11. The Hall–Kier alpha value is -1.84. The van der Waals surface area contributed by atoms with Crippen LogP contribution in [0.3, 0.4) is 0 Å². The second kappa shape index (κ2) is 7.42. The van der Waals surface area contributed by atoms with Gasteiger partial charge >= 0.3 is 6.09 Å². The van der Waals surface area contributed by atoms with Crippen molar-refractivity contribution in [1.29, 1.82) is 0 Å². The lowest BCUT2D eigenvalue weighted by molar-refractivity contribution is 0.00254. The van der Waals surface area contributed by atoms with Gasteiger partial charge in [0.05, 0.1) is 0 Å². The number of carbonyl (C=O) groups excluding carboxylic acids is 2. The Bertz CT molecular complexity index is 645.